The average molecular weight is 577 g/mol. The number of anilines is 1. The molecular weight excluding hydrogens is 544 g/mol. The maximum atomic E-state index is 13.5. The number of rotatable bonds is 11. The second kappa shape index (κ2) is 12.8. The van der Waals surface area contributed by atoms with Crippen molar-refractivity contribution in [3.8, 4) is 11.5 Å². The van der Waals surface area contributed by atoms with E-state index in [0.717, 1.165) is 23.3 Å². The number of thiazole rings is 1. The van der Waals surface area contributed by atoms with Crippen molar-refractivity contribution in [3.63, 3.8) is 0 Å². The minimum absolute atomic E-state index is 0.0178. The number of aromatic nitrogens is 1. The smallest absolute Gasteiger partial charge is 0.350 e. The third kappa shape index (κ3) is 6.02. The molecular formula is C31H32N2O7S. The molecule has 0 saturated carbocycles. The Hall–Kier alpha value is -4.44. The zero-order chi connectivity index (χ0) is 29.7. The molecule has 9 nitrogen and oxygen atoms in total. The molecule has 1 fully saturated rings. The summed E-state index contributed by atoms with van der Waals surface area (Å²) in [6.45, 7) is 11.9. The van der Waals surface area contributed by atoms with Crippen LogP contribution in [0, 0.1) is 13.8 Å². The first-order chi connectivity index (χ1) is 19.7. The van der Waals surface area contributed by atoms with Gasteiger partial charge in [0.2, 0.25) is 0 Å². The Bertz CT molecular complexity index is 1510. The van der Waals surface area contributed by atoms with Crippen LogP contribution in [0.5, 0.6) is 11.5 Å². The quantitative estimate of drug-likeness (QED) is 0.0984. The molecule has 2 heterocycles. The molecule has 10 heteroatoms. The lowest BCUT2D eigenvalue weighted by molar-refractivity contribution is -0.132. The van der Waals surface area contributed by atoms with Crippen LogP contribution in [0.3, 0.4) is 0 Å². The third-order valence-electron chi connectivity index (χ3n) is 6.37. The van der Waals surface area contributed by atoms with E-state index in [1.807, 2.05) is 20.8 Å². The Labute approximate surface area is 242 Å². The number of hydrogen-bond donors (Lipinski definition) is 1. The number of hydrogen-bond acceptors (Lipinski definition) is 9. The van der Waals surface area contributed by atoms with E-state index in [1.165, 1.54) is 11.0 Å². The molecule has 1 N–H and O–H groups in total. The molecule has 1 amide bonds. The number of Topliss-reactive ketones (excluding diaryl/α,β-unsaturated/α-hetero) is 1. The van der Waals surface area contributed by atoms with Gasteiger partial charge in [-0.15, -0.1) is 0 Å². The van der Waals surface area contributed by atoms with Gasteiger partial charge in [-0.05, 0) is 68.7 Å². The highest BCUT2D eigenvalue weighted by atomic mass is 32.1. The van der Waals surface area contributed by atoms with E-state index in [1.54, 1.807) is 49.4 Å². The zero-order valence-electron chi connectivity index (χ0n) is 23.4. The van der Waals surface area contributed by atoms with Crippen LogP contribution in [0.4, 0.5) is 5.13 Å². The SMILES string of the molecule is C=CCOC(=O)c1sc(N2C(=O)C(=O)C(=C(O)c3ccc(OCC)c(C)c3)[C@H]2c2ccc(OCCC)cc2)nc1C. The number of benzene rings is 2. The van der Waals surface area contributed by atoms with Crippen molar-refractivity contribution < 1.29 is 33.7 Å². The van der Waals surface area contributed by atoms with Crippen LogP contribution in [0.2, 0.25) is 0 Å². The zero-order valence-corrected chi connectivity index (χ0v) is 24.2. The normalized spacial score (nSPS) is 16.1. The predicted molar refractivity (Wildman–Crippen MR) is 157 cm³/mol. The van der Waals surface area contributed by atoms with Gasteiger partial charge >= 0.3 is 11.9 Å². The van der Waals surface area contributed by atoms with Crippen molar-refractivity contribution >= 4 is 39.9 Å². The molecule has 0 aliphatic carbocycles. The number of aliphatic hydroxyl groups is 1. The van der Waals surface area contributed by atoms with Crippen LogP contribution in [0.15, 0.2) is 60.7 Å². The summed E-state index contributed by atoms with van der Waals surface area (Å²) in [5.41, 5.74) is 1.94. The second-order valence-corrected chi connectivity index (χ2v) is 10.3. The molecule has 1 aliphatic heterocycles. The Kier molecular flexibility index (Phi) is 9.24. The molecule has 0 radical (unpaired) electrons. The van der Waals surface area contributed by atoms with Gasteiger partial charge in [-0.1, -0.05) is 43.0 Å². The van der Waals surface area contributed by atoms with E-state index < -0.39 is 23.7 Å². The highest BCUT2D eigenvalue weighted by Gasteiger charge is 2.48. The topological polar surface area (TPSA) is 115 Å². The van der Waals surface area contributed by atoms with E-state index in [2.05, 4.69) is 11.6 Å². The number of esters is 1. The van der Waals surface area contributed by atoms with Crippen LogP contribution in [0.1, 0.15) is 58.4 Å². The molecule has 1 aromatic heterocycles. The molecule has 1 saturated heterocycles. The first-order valence-electron chi connectivity index (χ1n) is 13.2. The second-order valence-electron chi connectivity index (χ2n) is 9.30. The number of ether oxygens (including phenoxy) is 3. The van der Waals surface area contributed by atoms with E-state index in [0.29, 0.717) is 41.5 Å². The average Bonchev–Trinajstić information content (AvgIpc) is 3.47. The summed E-state index contributed by atoms with van der Waals surface area (Å²) >= 11 is 0.941. The van der Waals surface area contributed by atoms with Crippen LogP contribution in [-0.2, 0) is 14.3 Å². The van der Waals surface area contributed by atoms with Crippen molar-refractivity contribution in [2.24, 2.45) is 0 Å². The van der Waals surface area contributed by atoms with Gasteiger partial charge in [-0.2, -0.15) is 0 Å². The van der Waals surface area contributed by atoms with Gasteiger partial charge in [0, 0.05) is 5.56 Å². The van der Waals surface area contributed by atoms with E-state index in [-0.39, 0.29) is 27.9 Å². The lowest BCUT2D eigenvalue weighted by Gasteiger charge is -2.23. The number of carbonyl (C=O) groups excluding carboxylic acids is 3. The maximum Gasteiger partial charge on any atom is 0.350 e. The van der Waals surface area contributed by atoms with Crippen molar-refractivity contribution in [3.05, 3.63) is 88.0 Å². The Morgan fingerprint density at radius 2 is 1.85 bits per heavy atom. The summed E-state index contributed by atoms with van der Waals surface area (Å²) in [6, 6.07) is 11.0. The van der Waals surface area contributed by atoms with Gasteiger partial charge in [-0.25, -0.2) is 9.78 Å². The summed E-state index contributed by atoms with van der Waals surface area (Å²) in [6.07, 6.45) is 2.29. The summed E-state index contributed by atoms with van der Waals surface area (Å²) < 4.78 is 16.5. The molecule has 3 aromatic rings. The van der Waals surface area contributed by atoms with E-state index >= 15 is 0 Å². The van der Waals surface area contributed by atoms with Crippen molar-refractivity contribution in [2.75, 3.05) is 24.7 Å². The molecule has 1 aliphatic rings. The van der Waals surface area contributed by atoms with Crippen molar-refractivity contribution in [1.82, 2.24) is 4.98 Å². The highest BCUT2D eigenvalue weighted by Crippen LogP contribution is 2.44. The largest absolute Gasteiger partial charge is 0.507 e. The lowest BCUT2D eigenvalue weighted by Crippen LogP contribution is -2.29. The van der Waals surface area contributed by atoms with Crippen LogP contribution < -0.4 is 14.4 Å². The minimum atomic E-state index is -1.01. The maximum absolute atomic E-state index is 13.5. The summed E-state index contributed by atoms with van der Waals surface area (Å²) in [5, 5.41) is 11.6. The molecule has 214 valence electrons. The van der Waals surface area contributed by atoms with E-state index in [9.17, 15) is 19.5 Å². The third-order valence-corrected chi connectivity index (χ3v) is 7.51. The van der Waals surface area contributed by atoms with Gasteiger partial charge in [0.25, 0.3) is 5.78 Å². The Balaban J connectivity index is 1.85. The number of aryl methyl sites for hydroxylation is 2. The number of carbonyl (C=O) groups is 3. The molecule has 0 spiro atoms. The molecule has 4 rings (SSSR count). The number of amides is 1. The van der Waals surface area contributed by atoms with Gasteiger partial charge < -0.3 is 19.3 Å². The molecule has 41 heavy (non-hydrogen) atoms. The summed E-state index contributed by atoms with van der Waals surface area (Å²) in [7, 11) is 0. The molecule has 0 bridgehead atoms. The summed E-state index contributed by atoms with van der Waals surface area (Å²) in [5.74, 6) is -1.39. The fourth-order valence-corrected chi connectivity index (χ4v) is 5.44. The number of aliphatic hydroxyl groups excluding tert-OH is 1. The van der Waals surface area contributed by atoms with Gasteiger partial charge in [-0.3, -0.25) is 14.5 Å². The fourth-order valence-electron chi connectivity index (χ4n) is 4.46. The summed E-state index contributed by atoms with van der Waals surface area (Å²) in [4.78, 5) is 45.5. The van der Waals surface area contributed by atoms with Crippen LogP contribution in [0.25, 0.3) is 5.76 Å². The van der Waals surface area contributed by atoms with Gasteiger partial charge in [0.15, 0.2) is 5.13 Å². The molecule has 2 aromatic carbocycles. The lowest BCUT2D eigenvalue weighted by atomic mass is 9.95. The predicted octanol–water partition coefficient (Wildman–Crippen LogP) is 5.92. The number of ketones is 1. The minimum Gasteiger partial charge on any atom is -0.507 e. The van der Waals surface area contributed by atoms with Gasteiger partial charge in [0.05, 0.1) is 30.5 Å². The highest BCUT2D eigenvalue weighted by molar-refractivity contribution is 7.17. The van der Waals surface area contributed by atoms with Crippen molar-refractivity contribution in [2.45, 2.75) is 40.2 Å². The Morgan fingerprint density at radius 1 is 1.12 bits per heavy atom. The Morgan fingerprint density at radius 3 is 2.49 bits per heavy atom. The van der Waals surface area contributed by atoms with Gasteiger partial charge in [0.1, 0.15) is 28.7 Å². The van der Waals surface area contributed by atoms with E-state index in [4.69, 9.17) is 14.2 Å². The first-order valence-corrected chi connectivity index (χ1v) is 14.1. The molecule has 1 atom stereocenters. The van der Waals surface area contributed by atoms with Crippen molar-refractivity contribution in [1.29, 1.82) is 0 Å². The fraction of sp³-hybridized carbons (Fsp3) is 0.290. The number of nitrogens with zero attached hydrogens (tertiary/aromatic N) is 2. The van der Waals surface area contributed by atoms with Crippen LogP contribution in [-0.4, -0.2) is 47.6 Å². The first kappa shape index (κ1) is 29.5. The monoisotopic (exact) mass is 576 g/mol. The van der Waals surface area contributed by atoms with Crippen LogP contribution >= 0.6 is 11.3 Å². The molecule has 0 unspecified atom stereocenters. The standard InChI is InChI=1S/C31H32N2O7S/c1-6-15-39-22-12-9-20(10-13-22)25-24(26(34)21-11-14-23(38-8-3)18(4)17-21)27(35)29(36)33(25)31-32-19(5)28(41-31)30(37)40-16-7-2/h7,9-14,17,25,34H,2,6,8,15-16H2,1,3-5H3/t25-/m1/s1.